The van der Waals surface area contributed by atoms with Gasteiger partial charge >= 0.3 is 5.97 Å². The van der Waals surface area contributed by atoms with Crippen molar-refractivity contribution in [2.24, 2.45) is 0 Å². The summed E-state index contributed by atoms with van der Waals surface area (Å²) in [6.45, 7) is 2.19. The van der Waals surface area contributed by atoms with E-state index in [0.717, 1.165) is 9.75 Å². The number of thiophene rings is 2. The first-order valence-electron chi connectivity index (χ1n) is 6.54. The van der Waals surface area contributed by atoms with Crippen LogP contribution in [0.25, 0.3) is 10.1 Å². The number of hydrogen-bond donors (Lipinski definition) is 0. The van der Waals surface area contributed by atoms with Gasteiger partial charge in [-0.05, 0) is 48.4 Å². The van der Waals surface area contributed by atoms with Crippen LogP contribution >= 0.6 is 22.7 Å². The lowest BCUT2D eigenvalue weighted by Gasteiger charge is -1.95. The van der Waals surface area contributed by atoms with Crippen molar-refractivity contribution in [1.82, 2.24) is 0 Å². The van der Waals surface area contributed by atoms with Gasteiger partial charge in [-0.3, -0.25) is 0 Å². The smallest absolute Gasteiger partial charge is 0.348 e. The highest BCUT2D eigenvalue weighted by Gasteiger charge is 2.08. The van der Waals surface area contributed by atoms with Gasteiger partial charge in [-0.15, -0.1) is 22.7 Å². The Balaban J connectivity index is 1.82. The molecule has 3 rings (SSSR count). The molecule has 21 heavy (non-hydrogen) atoms. The first-order valence-corrected chi connectivity index (χ1v) is 8.17. The molecule has 0 aliphatic rings. The quantitative estimate of drug-likeness (QED) is 0.513. The SMILES string of the molecule is CCOC(=O)c1ccc(C#Cc2cc3ccccc3s2)s1. The standard InChI is InChI=1S/C17H12O2S2/c1-2-19-17(18)16-10-9-13(20-16)7-8-14-11-12-5-3-4-6-15(12)21-14/h3-6,9-11H,2H2,1H3. The fourth-order valence-electron chi connectivity index (χ4n) is 1.88. The van der Waals surface area contributed by atoms with E-state index in [1.165, 1.54) is 21.4 Å². The molecule has 104 valence electrons. The molecular formula is C17H12O2S2. The van der Waals surface area contributed by atoms with Crippen molar-refractivity contribution in [2.75, 3.05) is 6.61 Å². The molecule has 0 aliphatic carbocycles. The molecule has 0 atom stereocenters. The number of carbonyl (C=O) groups is 1. The number of benzene rings is 1. The second-order valence-corrected chi connectivity index (χ2v) is 6.45. The van der Waals surface area contributed by atoms with Crippen molar-refractivity contribution in [2.45, 2.75) is 6.92 Å². The van der Waals surface area contributed by atoms with Gasteiger partial charge in [0.15, 0.2) is 0 Å². The Morgan fingerprint density at radius 2 is 1.90 bits per heavy atom. The maximum Gasteiger partial charge on any atom is 0.348 e. The normalized spacial score (nSPS) is 10.1. The van der Waals surface area contributed by atoms with E-state index in [0.29, 0.717) is 11.5 Å². The van der Waals surface area contributed by atoms with Crippen LogP contribution in [-0.2, 0) is 4.74 Å². The van der Waals surface area contributed by atoms with Crippen molar-refractivity contribution in [3.8, 4) is 11.8 Å². The predicted octanol–water partition coefficient (Wildman–Crippen LogP) is 4.54. The highest BCUT2D eigenvalue weighted by molar-refractivity contribution is 7.19. The number of ether oxygens (including phenoxy) is 1. The lowest BCUT2D eigenvalue weighted by molar-refractivity contribution is 0.0532. The van der Waals surface area contributed by atoms with E-state index in [2.05, 4.69) is 30.0 Å². The van der Waals surface area contributed by atoms with Gasteiger partial charge in [0.1, 0.15) is 4.88 Å². The van der Waals surface area contributed by atoms with Gasteiger partial charge in [-0.1, -0.05) is 18.2 Å². The third kappa shape index (κ3) is 3.15. The van der Waals surface area contributed by atoms with E-state index in [1.54, 1.807) is 24.3 Å². The van der Waals surface area contributed by atoms with Crippen molar-refractivity contribution in [1.29, 1.82) is 0 Å². The van der Waals surface area contributed by atoms with Gasteiger partial charge in [0, 0.05) is 4.70 Å². The summed E-state index contributed by atoms with van der Waals surface area (Å²) in [5.41, 5.74) is 0. The van der Waals surface area contributed by atoms with E-state index in [1.807, 2.05) is 18.2 Å². The summed E-state index contributed by atoms with van der Waals surface area (Å²) >= 11 is 3.04. The number of hydrogen-bond acceptors (Lipinski definition) is 4. The molecule has 2 nitrogen and oxygen atoms in total. The van der Waals surface area contributed by atoms with E-state index in [4.69, 9.17) is 4.74 Å². The molecule has 0 radical (unpaired) electrons. The van der Waals surface area contributed by atoms with Crippen LogP contribution in [0, 0.1) is 11.8 Å². The average molecular weight is 312 g/mol. The fourth-order valence-corrected chi connectivity index (χ4v) is 3.55. The minimum absolute atomic E-state index is 0.280. The summed E-state index contributed by atoms with van der Waals surface area (Å²) in [4.78, 5) is 14.1. The Bertz CT molecular complexity index is 813. The van der Waals surface area contributed by atoms with Gasteiger partial charge in [0.2, 0.25) is 0 Å². The maximum absolute atomic E-state index is 11.6. The van der Waals surface area contributed by atoms with Crippen molar-refractivity contribution >= 4 is 38.7 Å². The van der Waals surface area contributed by atoms with Crippen LogP contribution in [-0.4, -0.2) is 12.6 Å². The van der Waals surface area contributed by atoms with Gasteiger partial charge in [0.05, 0.1) is 16.4 Å². The number of carbonyl (C=O) groups excluding carboxylic acids is 1. The lowest BCUT2D eigenvalue weighted by atomic mass is 10.2. The Morgan fingerprint density at radius 3 is 2.71 bits per heavy atom. The Labute approximate surface area is 131 Å². The van der Waals surface area contributed by atoms with E-state index in [9.17, 15) is 4.79 Å². The number of rotatable bonds is 2. The van der Waals surface area contributed by atoms with Crippen molar-refractivity contribution in [3.63, 3.8) is 0 Å². The Hall–Kier alpha value is -2.09. The summed E-state index contributed by atoms with van der Waals surface area (Å²) in [5, 5.41) is 1.21. The van der Waals surface area contributed by atoms with E-state index >= 15 is 0 Å². The lowest BCUT2D eigenvalue weighted by Crippen LogP contribution is -2.01. The predicted molar refractivity (Wildman–Crippen MR) is 88.1 cm³/mol. The zero-order chi connectivity index (χ0) is 14.7. The minimum Gasteiger partial charge on any atom is -0.462 e. The number of esters is 1. The maximum atomic E-state index is 11.6. The average Bonchev–Trinajstić information content (AvgIpc) is 3.11. The van der Waals surface area contributed by atoms with Crippen LogP contribution in [0.2, 0.25) is 0 Å². The summed E-state index contributed by atoms with van der Waals surface area (Å²) in [6, 6.07) is 13.9. The van der Waals surface area contributed by atoms with Gasteiger partial charge in [-0.2, -0.15) is 0 Å². The molecule has 0 bridgehead atoms. The minimum atomic E-state index is -0.280. The summed E-state index contributed by atoms with van der Waals surface area (Å²) in [5.74, 6) is 5.99. The van der Waals surface area contributed by atoms with Crippen LogP contribution in [0.15, 0.2) is 42.5 Å². The topological polar surface area (TPSA) is 26.3 Å². The van der Waals surface area contributed by atoms with Gasteiger partial charge in [-0.25, -0.2) is 4.79 Å². The molecule has 1 aromatic carbocycles. The first kappa shape index (κ1) is 13.9. The summed E-state index contributed by atoms with van der Waals surface area (Å²) in [7, 11) is 0. The molecule has 0 N–H and O–H groups in total. The van der Waals surface area contributed by atoms with E-state index < -0.39 is 0 Å². The third-order valence-electron chi connectivity index (χ3n) is 2.82. The van der Waals surface area contributed by atoms with Crippen LogP contribution in [0.1, 0.15) is 26.3 Å². The molecule has 0 aliphatic heterocycles. The van der Waals surface area contributed by atoms with Crippen LogP contribution in [0.5, 0.6) is 0 Å². The molecule has 3 aromatic rings. The molecule has 2 aromatic heterocycles. The zero-order valence-corrected chi connectivity index (χ0v) is 13.0. The van der Waals surface area contributed by atoms with Crippen LogP contribution < -0.4 is 0 Å². The van der Waals surface area contributed by atoms with Crippen LogP contribution in [0.3, 0.4) is 0 Å². The Kier molecular flexibility index (Phi) is 4.05. The largest absolute Gasteiger partial charge is 0.462 e. The fraction of sp³-hybridized carbons (Fsp3) is 0.118. The molecule has 0 saturated heterocycles. The van der Waals surface area contributed by atoms with Crippen molar-refractivity contribution in [3.05, 3.63) is 57.1 Å². The second kappa shape index (κ2) is 6.13. The molecule has 2 heterocycles. The summed E-state index contributed by atoms with van der Waals surface area (Å²) in [6.07, 6.45) is 0. The molecular weight excluding hydrogens is 300 g/mol. The summed E-state index contributed by atoms with van der Waals surface area (Å²) < 4.78 is 6.21. The third-order valence-corrected chi connectivity index (χ3v) is 4.83. The molecule has 0 unspecified atom stereocenters. The van der Waals surface area contributed by atoms with Crippen molar-refractivity contribution < 1.29 is 9.53 Å². The first-order chi connectivity index (χ1) is 10.3. The molecule has 0 saturated carbocycles. The Morgan fingerprint density at radius 1 is 1.10 bits per heavy atom. The van der Waals surface area contributed by atoms with Crippen LogP contribution in [0.4, 0.5) is 0 Å². The monoisotopic (exact) mass is 312 g/mol. The number of fused-ring (bicyclic) bond motifs is 1. The molecule has 0 spiro atoms. The second-order valence-electron chi connectivity index (χ2n) is 4.28. The zero-order valence-electron chi connectivity index (χ0n) is 11.4. The molecule has 0 fully saturated rings. The van der Waals surface area contributed by atoms with Gasteiger partial charge < -0.3 is 4.74 Å². The highest BCUT2D eigenvalue weighted by Crippen LogP contribution is 2.24. The van der Waals surface area contributed by atoms with E-state index in [-0.39, 0.29) is 5.97 Å². The highest BCUT2D eigenvalue weighted by atomic mass is 32.1. The molecule has 4 heteroatoms. The van der Waals surface area contributed by atoms with Gasteiger partial charge in [0.25, 0.3) is 0 Å². The molecule has 0 amide bonds.